The van der Waals surface area contributed by atoms with E-state index in [1.54, 1.807) is 55.7 Å². The first-order valence-electron chi connectivity index (χ1n) is 6.86. The number of thiocarbonyl (C=S) groups is 1. The van der Waals surface area contributed by atoms with Crippen LogP contribution in [0.5, 0.6) is 5.75 Å². The molecule has 0 aliphatic carbocycles. The second kappa shape index (κ2) is 7.15. The monoisotopic (exact) mass is 395 g/mol. The minimum Gasteiger partial charge on any atom is -0.497 e. The number of carbonyl (C=O) groups is 1. The van der Waals surface area contributed by atoms with Crippen LogP contribution < -0.4 is 9.64 Å². The molecule has 2 aromatic carbocycles. The third-order valence-corrected chi connectivity index (χ3v) is 5.41. The van der Waals surface area contributed by atoms with Gasteiger partial charge in [0.2, 0.25) is 0 Å². The van der Waals surface area contributed by atoms with E-state index in [0.717, 1.165) is 11.3 Å². The molecule has 1 aliphatic heterocycles. The fourth-order valence-corrected chi connectivity index (χ4v) is 3.78. The first kappa shape index (κ1) is 17.3. The van der Waals surface area contributed by atoms with Gasteiger partial charge in [-0.05, 0) is 48.0 Å². The first-order valence-corrected chi connectivity index (χ1v) is 8.85. The van der Waals surface area contributed by atoms with E-state index in [-0.39, 0.29) is 5.91 Å². The number of ether oxygens (including phenoxy) is 1. The van der Waals surface area contributed by atoms with Crippen LogP contribution in [0.3, 0.4) is 0 Å². The Morgan fingerprint density at radius 3 is 2.46 bits per heavy atom. The highest BCUT2D eigenvalue weighted by molar-refractivity contribution is 8.27. The minimum atomic E-state index is -0.166. The van der Waals surface area contributed by atoms with Crippen molar-refractivity contribution >= 4 is 69.2 Å². The van der Waals surface area contributed by atoms with Gasteiger partial charge in [0.25, 0.3) is 5.91 Å². The molecule has 3 nitrogen and oxygen atoms in total. The number of rotatable bonds is 3. The van der Waals surface area contributed by atoms with E-state index in [0.29, 0.717) is 25.0 Å². The zero-order chi connectivity index (χ0) is 17.3. The fourth-order valence-electron chi connectivity index (χ4n) is 2.18. The van der Waals surface area contributed by atoms with Crippen molar-refractivity contribution in [2.24, 2.45) is 0 Å². The van der Waals surface area contributed by atoms with Gasteiger partial charge in [-0.3, -0.25) is 9.69 Å². The van der Waals surface area contributed by atoms with Crippen LogP contribution in [-0.2, 0) is 4.79 Å². The SMILES string of the molecule is COc1ccc(N2C(=O)/C(=C/c3ccc(Cl)c(Cl)c3)SC2=S)cc1. The lowest BCUT2D eigenvalue weighted by atomic mass is 10.2. The standard InChI is InChI=1S/C17H11Cl2NO2S2/c1-22-12-5-3-11(4-6-12)20-16(21)15(24-17(20)23)9-10-2-7-13(18)14(19)8-10/h2-9H,1H3/b15-9-. The number of thioether (sulfide) groups is 1. The molecule has 0 saturated carbocycles. The number of benzene rings is 2. The number of hydrogen-bond acceptors (Lipinski definition) is 4. The van der Waals surface area contributed by atoms with Crippen LogP contribution in [-0.4, -0.2) is 17.3 Å². The highest BCUT2D eigenvalue weighted by Gasteiger charge is 2.33. The summed E-state index contributed by atoms with van der Waals surface area (Å²) in [6, 6.07) is 12.4. The molecule has 0 atom stereocenters. The molecule has 1 heterocycles. The smallest absolute Gasteiger partial charge is 0.270 e. The van der Waals surface area contributed by atoms with Gasteiger partial charge < -0.3 is 4.74 Å². The summed E-state index contributed by atoms with van der Waals surface area (Å²) in [4.78, 5) is 14.7. The molecule has 1 aliphatic rings. The molecule has 1 saturated heterocycles. The van der Waals surface area contributed by atoms with Crippen LogP contribution in [0, 0.1) is 0 Å². The van der Waals surface area contributed by atoms with Crippen molar-refractivity contribution in [3.63, 3.8) is 0 Å². The van der Waals surface area contributed by atoms with E-state index < -0.39 is 0 Å². The van der Waals surface area contributed by atoms with Crippen LogP contribution in [0.25, 0.3) is 6.08 Å². The highest BCUT2D eigenvalue weighted by Crippen LogP contribution is 2.37. The second-order valence-electron chi connectivity index (χ2n) is 4.89. The molecule has 0 bridgehead atoms. The molecular weight excluding hydrogens is 385 g/mol. The van der Waals surface area contributed by atoms with Gasteiger partial charge in [0, 0.05) is 0 Å². The predicted molar refractivity (Wildman–Crippen MR) is 105 cm³/mol. The topological polar surface area (TPSA) is 29.5 Å². The Kier molecular flexibility index (Phi) is 5.15. The van der Waals surface area contributed by atoms with Crippen LogP contribution in [0.4, 0.5) is 5.69 Å². The Bertz CT molecular complexity index is 850. The number of methoxy groups -OCH3 is 1. The Balaban J connectivity index is 1.90. The van der Waals surface area contributed by atoms with E-state index in [4.69, 9.17) is 40.2 Å². The molecule has 7 heteroatoms. The molecule has 24 heavy (non-hydrogen) atoms. The number of nitrogens with zero attached hydrogens (tertiary/aromatic N) is 1. The quantitative estimate of drug-likeness (QED) is 0.513. The molecule has 0 N–H and O–H groups in total. The van der Waals surface area contributed by atoms with Crippen molar-refractivity contribution in [2.45, 2.75) is 0 Å². The zero-order valence-corrected chi connectivity index (χ0v) is 15.6. The van der Waals surface area contributed by atoms with Crippen molar-refractivity contribution in [1.29, 1.82) is 0 Å². The number of anilines is 1. The van der Waals surface area contributed by atoms with Crippen molar-refractivity contribution in [3.05, 3.63) is 63.0 Å². The number of carbonyl (C=O) groups excluding carboxylic acids is 1. The molecule has 2 aromatic rings. The normalized spacial score (nSPS) is 16.1. The van der Waals surface area contributed by atoms with Crippen molar-refractivity contribution in [2.75, 3.05) is 12.0 Å². The number of amides is 1. The summed E-state index contributed by atoms with van der Waals surface area (Å²) in [7, 11) is 1.59. The summed E-state index contributed by atoms with van der Waals surface area (Å²) in [5.74, 6) is 0.553. The second-order valence-corrected chi connectivity index (χ2v) is 7.38. The average Bonchev–Trinajstić information content (AvgIpc) is 2.85. The fraction of sp³-hybridized carbons (Fsp3) is 0.0588. The highest BCUT2D eigenvalue weighted by atomic mass is 35.5. The summed E-state index contributed by atoms with van der Waals surface area (Å²) in [6.07, 6.45) is 1.75. The Hall–Kier alpha value is -1.53. The van der Waals surface area contributed by atoms with Crippen LogP contribution in [0.15, 0.2) is 47.4 Å². The lowest BCUT2D eigenvalue weighted by Gasteiger charge is -2.14. The van der Waals surface area contributed by atoms with Gasteiger partial charge in [0.15, 0.2) is 4.32 Å². The van der Waals surface area contributed by atoms with Gasteiger partial charge in [-0.25, -0.2) is 0 Å². The molecule has 1 fully saturated rings. The summed E-state index contributed by atoms with van der Waals surface area (Å²) in [6.45, 7) is 0. The number of halogens is 2. The molecule has 1 amide bonds. The molecule has 0 radical (unpaired) electrons. The minimum absolute atomic E-state index is 0.166. The Morgan fingerprint density at radius 1 is 1.12 bits per heavy atom. The molecule has 122 valence electrons. The average molecular weight is 396 g/mol. The van der Waals surface area contributed by atoms with Gasteiger partial charge >= 0.3 is 0 Å². The maximum atomic E-state index is 12.7. The molecule has 0 unspecified atom stereocenters. The van der Waals surface area contributed by atoms with Gasteiger partial charge in [0.05, 0.1) is 27.7 Å². The van der Waals surface area contributed by atoms with E-state index >= 15 is 0 Å². The lowest BCUT2D eigenvalue weighted by molar-refractivity contribution is -0.113. The van der Waals surface area contributed by atoms with Gasteiger partial charge in [-0.1, -0.05) is 53.2 Å². The van der Waals surface area contributed by atoms with Crippen molar-refractivity contribution in [3.8, 4) is 5.75 Å². The van der Waals surface area contributed by atoms with E-state index in [2.05, 4.69) is 0 Å². The third kappa shape index (κ3) is 3.44. The van der Waals surface area contributed by atoms with E-state index in [1.165, 1.54) is 16.7 Å². The maximum Gasteiger partial charge on any atom is 0.270 e. The van der Waals surface area contributed by atoms with Gasteiger partial charge in [-0.2, -0.15) is 0 Å². The van der Waals surface area contributed by atoms with Crippen molar-refractivity contribution in [1.82, 2.24) is 0 Å². The summed E-state index contributed by atoms with van der Waals surface area (Å²) in [5, 5.41) is 0.913. The lowest BCUT2D eigenvalue weighted by Crippen LogP contribution is -2.27. The van der Waals surface area contributed by atoms with Crippen molar-refractivity contribution < 1.29 is 9.53 Å². The van der Waals surface area contributed by atoms with Crippen LogP contribution >= 0.6 is 47.2 Å². The largest absolute Gasteiger partial charge is 0.497 e. The number of hydrogen-bond donors (Lipinski definition) is 0. The van der Waals surface area contributed by atoms with Crippen LogP contribution in [0.2, 0.25) is 10.0 Å². The molecule has 0 spiro atoms. The Morgan fingerprint density at radius 2 is 1.83 bits per heavy atom. The van der Waals surface area contributed by atoms with Gasteiger partial charge in [-0.15, -0.1) is 0 Å². The van der Waals surface area contributed by atoms with E-state index in [1.807, 2.05) is 0 Å². The zero-order valence-electron chi connectivity index (χ0n) is 12.5. The van der Waals surface area contributed by atoms with E-state index in [9.17, 15) is 4.79 Å². The third-order valence-electron chi connectivity index (χ3n) is 3.37. The summed E-state index contributed by atoms with van der Waals surface area (Å²) < 4.78 is 5.61. The maximum absolute atomic E-state index is 12.7. The Labute approximate surface area is 159 Å². The molecular formula is C17H11Cl2NO2S2. The predicted octanol–water partition coefficient (Wildman–Crippen LogP) is 5.41. The first-order chi connectivity index (χ1) is 11.5. The summed E-state index contributed by atoms with van der Waals surface area (Å²) in [5.41, 5.74) is 1.50. The molecule has 0 aromatic heterocycles. The molecule has 3 rings (SSSR count). The van der Waals surface area contributed by atoms with Gasteiger partial charge in [0.1, 0.15) is 5.75 Å². The van der Waals surface area contributed by atoms with Crippen LogP contribution in [0.1, 0.15) is 5.56 Å². The summed E-state index contributed by atoms with van der Waals surface area (Å²) >= 11 is 18.5.